The van der Waals surface area contributed by atoms with Crippen molar-refractivity contribution in [1.29, 1.82) is 0 Å². The molecular weight excluding hydrogens is 310 g/mol. The van der Waals surface area contributed by atoms with Gasteiger partial charge in [-0.05, 0) is 37.5 Å². The molecule has 1 N–H and O–H groups in total. The van der Waals surface area contributed by atoms with Crippen LogP contribution in [0.2, 0.25) is 5.02 Å². The summed E-state index contributed by atoms with van der Waals surface area (Å²) in [7, 11) is 0. The first kappa shape index (κ1) is 16.2. The molecule has 1 aromatic rings. The molecule has 114 valence electrons. The van der Waals surface area contributed by atoms with Crippen LogP contribution in [-0.2, 0) is 16.0 Å². The molecule has 1 fully saturated rings. The van der Waals surface area contributed by atoms with Gasteiger partial charge in [0.2, 0.25) is 5.91 Å². The van der Waals surface area contributed by atoms with Gasteiger partial charge >= 0.3 is 5.97 Å². The number of halogens is 1. The van der Waals surface area contributed by atoms with Crippen molar-refractivity contribution in [2.45, 2.75) is 38.1 Å². The minimum absolute atomic E-state index is 0.0831. The van der Waals surface area contributed by atoms with E-state index in [1.807, 2.05) is 32.0 Å². The second-order valence-corrected chi connectivity index (χ2v) is 6.93. The number of amides is 1. The van der Waals surface area contributed by atoms with E-state index in [4.69, 9.17) is 11.6 Å². The third kappa shape index (κ3) is 3.71. The predicted octanol–water partition coefficient (Wildman–Crippen LogP) is 2.96. The molecule has 2 unspecified atom stereocenters. The third-order valence-corrected chi connectivity index (χ3v) is 5.28. The van der Waals surface area contributed by atoms with Crippen molar-refractivity contribution in [1.82, 2.24) is 4.90 Å². The second kappa shape index (κ2) is 6.71. The lowest BCUT2D eigenvalue weighted by Gasteiger charge is -2.25. The molecule has 0 bridgehead atoms. The average molecular weight is 328 g/mol. The van der Waals surface area contributed by atoms with Crippen LogP contribution < -0.4 is 0 Å². The van der Waals surface area contributed by atoms with E-state index < -0.39 is 12.0 Å². The van der Waals surface area contributed by atoms with Gasteiger partial charge in [0.1, 0.15) is 6.04 Å². The van der Waals surface area contributed by atoms with Gasteiger partial charge in [-0.1, -0.05) is 23.7 Å². The molecule has 0 spiro atoms. The van der Waals surface area contributed by atoms with E-state index in [1.165, 1.54) is 16.7 Å². The van der Waals surface area contributed by atoms with Gasteiger partial charge < -0.3 is 10.0 Å². The molecule has 21 heavy (non-hydrogen) atoms. The summed E-state index contributed by atoms with van der Waals surface area (Å²) < 4.78 is 0. The van der Waals surface area contributed by atoms with Gasteiger partial charge in [0.05, 0.1) is 5.37 Å². The SMILES string of the molecule is Cc1ccc(CCC(=O)N2C(C)SCC2C(=O)O)cc1Cl. The van der Waals surface area contributed by atoms with Crippen LogP contribution in [0.15, 0.2) is 18.2 Å². The van der Waals surface area contributed by atoms with Gasteiger partial charge in [0.15, 0.2) is 0 Å². The molecule has 2 atom stereocenters. The number of carboxylic acid groups (broad SMARTS) is 1. The fourth-order valence-electron chi connectivity index (χ4n) is 2.38. The third-order valence-electron chi connectivity index (χ3n) is 3.66. The fourth-order valence-corrected chi connectivity index (χ4v) is 3.78. The molecular formula is C15H18ClNO3S. The number of benzene rings is 1. The number of thioether (sulfide) groups is 1. The molecule has 6 heteroatoms. The van der Waals surface area contributed by atoms with Gasteiger partial charge in [-0.25, -0.2) is 4.79 Å². The van der Waals surface area contributed by atoms with Crippen molar-refractivity contribution in [2.75, 3.05) is 5.75 Å². The lowest BCUT2D eigenvalue weighted by atomic mass is 10.1. The van der Waals surface area contributed by atoms with Gasteiger partial charge in [0.25, 0.3) is 0 Å². The number of carbonyl (C=O) groups is 2. The zero-order valence-electron chi connectivity index (χ0n) is 12.0. The van der Waals surface area contributed by atoms with E-state index >= 15 is 0 Å². The highest BCUT2D eigenvalue weighted by atomic mass is 35.5. The van der Waals surface area contributed by atoms with Crippen LogP contribution in [0.25, 0.3) is 0 Å². The number of aliphatic carboxylic acids is 1. The fraction of sp³-hybridized carbons (Fsp3) is 0.467. The van der Waals surface area contributed by atoms with Crippen LogP contribution >= 0.6 is 23.4 Å². The highest BCUT2D eigenvalue weighted by Crippen LogP contribution is 2.29. The van der Waals surface area contributed by atoms with Crippen LogP contribution in [0.3, 0.4) is 0 Å². The molecule has 2 rings (SSSR count). The lowest BCUT2D eigenvalue weighted by molar-refractivity contribution is -0.148. The zero-order chi connectivity index (χ0) is 15.6. The number of carbonyl (C=O) groups excluding carboxylic acids is 1. The van der Waals surface area contributed by atoms with Crippen molar-refractivity contribution in [2.24, 2.45) is 0 Å². The summed E-state index contributed by atoms with van der Waals surface area (Å²) in [5.74, 6) is -0.589. The Kier molecular flexibility index (Phi) is 5.17. The smallest absolute Gasteiger partial charge is 0.327 e. The summed E-state index contributed by atoms with van der Waals surface area (Å²) in [6.07, 6.45) is 0.868. The number of hydrogen-bond donors (Lipinski definition) is 1. The van der Waals surface area contributed by atoms with Gasteiger partial charge in [-0.2, -0.15) is 0 Å². The van der Waals surface area contributed by atoms with Crippen molar-refractivity contribution in [3.8, 4) is 0 Å². The molecule has 0 aliphatic carbocycles. The Balaban J connectivity index is 2.00. The summed E-state index contributed by atoms with van der Waals surface area (Å²) in [6.45, 7) is 3.80. The van der Waals surface area contributed by atoms with Crippen molar-refractivity contribution in [3.63, 3.8) is 0 Å². The van der Waals surface area contributed by atoms with Crippen molar-refractivity contribution in [3.05, 3.63) is 34.3 Å². The Morgan fingerprint density at radius 1 is 1.48 bits per heavy atom. The molecule has 1 amide bonds. The lowest BCUT2D eigenvalue weighted by Crippen LogP contribution is -2.44. The predicted molar refractivity (Wildman–Crippen MR) is 84.7 cm³/mol. The molecule has 1 aliphatic rings. The van der Waals surface area contributed by atoms with Crippen LogP contribution in [-0.4, -0.2) is 39.1 Å². The van der Waals surface area contributed by atoms with E-state index in [0.717, 1.165) is 11.1 Å². The monoisotopic (exact) mass is 327 g/mol. The Bertz CT molecular complexity index is 564. The topological polar surface area (TPSA) is 57.6 Å². The maximum absolute atomic E-state index is 12.3. The van der Waals surface area contributed by atoms with Crippen LogP contribution in [0.1, 0.15) is 24.5 Å². The standard InChI is InChI=1S/C15H18ClNO3S/c1-9-3-4-11(7-12(9)16)5-6-14(18)17-10(2)21-8-13(17)15(19)20/h3-4,7,10,13H,5-6,8H2,1-2H3,(H,19,20). The van der Waals surface area contributed by atoms with E-state index in [2.05, 4.69) is 0 Å². The highest BCUT2D eigenvalue weighted by Gasteiger charge is 2.38. The number of nitrogens with zero attached hydrogens (tertiary/aromatic N) is 1. The summed E-state index contributed by atoms with van der Waals surface area (Å²) in [5, 5.41) is 9.78. The first-order valence-electron chi connectivity index (χ1n) is 6.80. The molecule has 0 aromatic heterocycles. The van der Waals surface area contributed by atoms with Gasteiger partial charge in [0, 0.05) is 17.2 Å². The summed E-state index contributed by atoms with van der Waals surface area (Å²) in [4.78, 5) is 25.0. The minimum Gasteiger partial charge on any atom is -0.480 e. The minimum atomic E-state index is -0.932. The zero-order valence-corrected chi connectivity index (χ0v) is 13.6. The van der Waals surface area contributed by atoms with Gasteiger partial charge in [-0.15, -0.1) is 11.8 Å². The maximum Gasteiger partial charge on any atom is 0.327 e. The molecule has 1 aliphatic heterocycles. The maximum atomic E-state index is 12.3. The molecule has 1 saturated heterocycles. The van der Waals surface area contributed by atoms with Crippen LogP contribution in [0.5, 0.6) is 0 Å². The van der Waals surface area contributed by atoms with E-state index in [9.17, 15) is 14.7 Å². The van der Waals surface area contributed by atoms with Crippen LogP contribution in [0.4, 0.5) is 0 Å². The summed E-state index contributed by atoms with van der Waals surface area (Å²) in [6, 6.07) is 5.03. The highest BCUT2D eigenvalue weighted by molar-refractivity contribution is 8.00. The molecule has 0 radical (unpaired) electrons. The largest absolute Gasteiger partial charge is 0.480 e. The Labute approximate surface area is 133 Å². The number of hydrogen-bond acceptors (Lipinski definition) is 3. The number of aryl methyl sites for hydroxylation is 2. The summed E-state index contributed by atoms with van der Waals surface area (Å²) in [5.41, 5.74) is 1.99. The molecule has 4 nitrogen and oxygen atoms in total. The second-order valence-electron chi connectivity index (χ2n) is 5.17. The van der Waals surface area contributed by atoms with E-state index in [0.29, 0.717) is 23.6 Å². The Morgan fingerprint density at radius 2 is 2.19 bits per heavy atom. The van der Waals surface area contributed by atoms with Crippen LogP contribution in [0, 0.1) is 6.92 Å². The molecule has 1 heterocycles. The first-order chi connectivity index (χ1) is 9.90. The Hall–Kier alpha value is -1.20. The van der Waals surface area contributed by atoms with E-state index in [-0.39, 0.29) is 11.3 Å². The normalized spacial score (nSPS) is 21.6. The summed E-state index contributed by atoms with van der Waals surface area (Å²) >= 11 is 7.57. The van der Waals surface area contributed by atoms with Crippen molar-refractivity contribution >= 4 is 35.2 Å². The number of carboxylic acids is 1. The molecule has 1 aromatic carbocycles. The number of rotatable bonds is 4. The molecule has 0 saturated carbocycles. The van der Waals surface area contributed by atoms with E-state index in [1.54, 1.807) is 0 Å². The van der Waals surface area contributed by atoms with Crippen molar-refractivity contribution < 1.29 is 14.7 Å². The van der Waals surface area contributed by atoms with Gasteiger partial charge in [-0.3, -0.25) is 4.79 Å². The quantitative estimate of drug-likeness (QED) is 0.923. The average Bonchev–Trinajstić information content (AvgIpc) is 2.82. The Morgan fingerprint density at radius 3 is 2.81 bits per heavy atom. The first-order valence-corrected chi connectivity index (χ1v) is 8.23.